The molecule has 178 valence electrons. The molecule has 1 aromatic heterocycles. The minimum Gasteiger partial charge on any atom is -0.444 e. The van der Waals surface area contributed by atoms with E-state index in [9.17, 15) is 9.59 Å². The van der Waals surface area contributed by atoms with Crippen LogP contribution in [0.4, 0.5) is 4.79 Å². The van der Waals surface area contributed by atoms with Crippen LogP contribution in [0.5, 0.6) is 0 Å². The van der Waals surface area contributed by atoms with Crippen molar-refractivity contribution in [1.82, 2.24) is 25.4 Å². The number of aromatic nitrogens is 1. The highest BCUT2D eigenvalue weighted by Crippen LogP contribution is 2.20. The lowest BCUT2D eigenvalue weighted by Gasteiger charge is -2.36. The maximum atomic E-state index is 12.4. The minimum atomic E-state index is -0.483. The van der Waals surface area contributed by atoms with E-state index in [1.807, 2.05) is 27.7 Å². The number of nitrogens with one attached hydrogen (secondary N) is 2. The van der Waals surface area contributed by atoms with Gasteiger partial charge in [-0.1, -0.05) is 0 Å². The second-order valence-corrected chi connectivity index (χ2v) is 8.92. The molecule has 2 amide bonds. The molecule has 0 bridgehead atoms. The summed E-state index contributed by atoms with van der Waals surface area (Å²) in [5.74, 6) is 1.13. The molecule has 1 fully saturated rings. The Morgan fingerprint density at radius 3 is 2.50 bits per heavy atom. The summed E-state index contributed by atoms with van der Waals surface area (Å²) in [6, 6.07) is 3.48. The third-order valence-electron chi connectivity index (χ3n) is 5.26. The Bertz CT molecular complexity index is 755. The van der Waals surface area contributed by atoms with E-state index in [1.165, 1.54) is 0 Å². The Balaban J connectivity index is 1.72. The molecule has 0 aliphatic carbocycles. The van der Waals surface area contributed by atoms with E-state index in [1.54, 1.807) is 36.5 Å². The van der Waals surface area contributed by atoms with Gasteiger partial charge in [0.1, 0.15) is 5.60 Å². The predicted molar refractivity (Wildman–Crippen MR) is 126 cm³/mol. The number of hydrogen-bond donors (Lipinski definition) is 2. The smallest absolute Gasteiger partial charge is 0.410 e. The zero-order valence-corrected chi connectivity index (χ0v) is 20.1. The third kappa shape index (κ3) is 8.36. The number of carbonyl (C=O) groups is 2. The molecule has 0 radical (unpaired) electrons. The number of amides is 2. The van der Waals surface area contributed by atoms with E-state index in [2.05, 4.69) is 25.5 Å². The molecule has 1 aromatic rings. The number of guanidine groups is 1. The molecule has 9 nitrogen and oxygen atoms in total. The Morgan fingerprint density at radius 2 is 1.94 bits per heavy atom. The van der Waals surface area contributed by atoms with Crippen LogP contribution in [0.2, 0.25) is 0 Å². The standard InChI is InChI=1S/C23H38N6O3/c1-6-28(22(31)32-23(2,3)4)17-18-9-14-29(15-10-18)21(24-5)27-13-12-26-20(30)19-8-7-11-25-16-19/h7-8,11,16,18H,6,9-10,12-15,17H2,1-5H3,(H,24,27)(H,26,30). The number of pyridine rings is 1. The van der Waals surface area contributed by atoms with Gasteiger partial charge in [-0.25, -0.2) is 4.79 Å². The first kappa shape index (κ1) is 25.4. The maximum absolute atomic E-state index is 12.4. The molecule has 1 saturated heterocycles. The largest absolute Gasteiger partial charge is 0.444 e. The molecule has 2 heterocycles. The van der Waals surface area contributed by atoms with Crippen LogP contribution in [0.3, 0.4) is 0 Å². The molecular weight excluding hydrogens is 408 g/mol. The van der Waals surface area contributed by atoms with Crippen LogP contribution in [0.1, 0.15) is 50.9 Å². The summed E-state index contributed by atoms with van der Waals surface area (Å²) in [6.07, 6.45) is 4.92. The maximum Gasteiger partial charge on any atom is 0.410 e. The fourth-order valence-electron chi connectivity index (χ4n) is 3.58. The van der Waals surface area contributed by atoms with Crippen molar-refractivity contribution in [3.8, 4) is 0 Å². The van der Waals surface area contributed by atoms with E-state index in [0.717, 1.165) is 31.9 Å². The van der Waals surface area contributed by atoms with E-state index >= 15 is 0 Å². The molecule has 0 atom stereocenters. The van der Waals surface area contributed by atoms with Crippen molar-refractivity contribution in [1.29, 1.82) is 0 Å². The van der Waals surface area contributed by atoms with Crippen molar-refractivity contribution in [3.05, 3.63) is 30.1 Å². The van der Waals surface area contributed by atoms with Crippen LogP contribution in [-0.4, -0.2) is 84.7 Å². The van der Waals surface area contributed by atoms with Crippen molar-refractivity contribution in [2.75, 3.05) is 46.3 Å². The van der Waals surface area contributed by atoms with Crippen LogP contribution in [0.15, 0.2) is 29.5 Å². The lowest BCUT2D eigenvalue weighted by molar-refractivity contribution is 0.0214. The van der Waals surface area contributed by atoms with E-state index < -0.39 is 5.60 Å². The fourth-order valence-corrected chi connectivity index (χ4v) is 3.58. The van der Waals surface area contributed by atoms with Gasteiger partial charge < -0.3 is 25.2 Å². The molecular formula is C23H38N6O3. The van der Waals surface area contributed by atoms with E-state index in [-0.39, 0.29) is 12.0 Å². The highest BCUT2D eigenvalue weighted by Gasteiger charge is 2.27. The Hall–Kier alpha value is -2.84. The first-order valence-corrected chi connectivity index (χ1v) is 11.3. The molecule has 0 unspecified atom stereocenters. The van der Waals surface area contributed by atoms with Gasteiger partial charge >= 0.3 is 6.09 Å². The van der Waals surface area contributed by atoms with Gasteiger partial charge in [-0.2, -0.15) is 0 Å². The van der Waals surface area contributed by atoms with Crippen LogP contribution in [-0.2, 0) is 4.74 Å². The Labute approximate surface area is 191 Å². The van der Waals surface area contributed by atoms with Crippen molar-refractivity contribution >= 4 is 18.0 Å². The molecule has 32 heavy (non-hydrogen) atoms. The zero-order chi connectivity index (χ0) is 23.6. The number of ether oxygens (including phenoxy) is 1. The summed E-state index contributed by atoms with van der Waals surface area (Å²) < 4.78 is 5.52. The molecule has 9 heteroatoms. The summed E-state index contributed by atoms with van der Waals surface area (Å²) in [7, 11) is 1.77. The van der Waals surface area contributed by atoms with Crippen molar-refractivity contribution in [2.24, 2.45) is 10.9 Å². The third-order valence-corrected chi connectivity index (χ3v) is 5.26. The SMILES string of the molecule is CCN(CC1CCN(C(=NC)NCCNC(=O)c2cccnc2)CC1)C(=O)OC(C)(C)C. The number of carbonyl (C=O) groups excluding carboxylic acids is 2. The summed E-state index contributed by atoms with van der Waals surface area (Å²) in [4.78, 5) is 36.8. The van der Waals surface area contributed by atoms with Gasteiger partial charge in [-0.15, -0.1) is 0 Å². The number of likely N-dealkylation sites (tertiary alicyclic amines) is 1. The van der Waals surface area contributed by atoms with Crippen LogP contribution in [0, 0.1) is 5.92 Å². The van der Waals surface area contributed by atoms with Gasteiger partial charge in [-0.3, -0.25) is 14.8 Å². The van der Waals surface area contributed by atoms with Crippen LogP contribution < -0.4 is 10.6 Å². The summed E-state index contributed by atoms with van der Waals surface area (Å²) in [5, 5.41) is 6.20. The fraction of sp³-hybridized carbons (Fsp3) is 0.652. The van der Waals surface area contributed by atoms with Crippen molar-refractivity contribution in [3.63, 3.8) is 0 Å². The second kappa shape index (κ2) is 12.3. The number of hydrogen-bond acceptors (Lipinski definition) is 5. The number of piperidine rings is 1. The molecule has 2 rings (SSSR count). The molecule has 0 saturated carbocycles. The van der Waals surface area contributed by atoms with E-state index in [0.29, 0.717) is 37.7 Å². The average molecular weight is 447 g/mol. The molecule has 0 spiro atoms. The lowest BCUT2D eigenvalue weighted by atomic mass is 9.96. The summed E-state index contributed by atoms with van der Waals surface area (Å²) in [5.41, 5.74) is 0.0650. The van der Waals surface area contributed by atoms with Crippen molar-refractivity contribution < 1.29 is 14.3 Å². The monoisotopic (exact) mass is 446 g/mol. The zero-order valence-electron chi connectivity index (χ0n) is 20.1. The number of aliphatic imine (C=N–C) groups is 1. The number of nitrogens with zero attached hydrogens (tertiary/aromatic N) is 4. The van der Waals surface area contributed by atoms with Gasteiger partial charge in [0.25, 0.3) is 5.91 Å². The molecule has 1 aliphatic heterocycles. The normalized spacial score (nSPS) is 15.3. The predicted octanol–water partition coefficient (Wildman–Crippen LogP) is 2.36. The highest BCUT2D eigenvalue weighted by atomic mass is 16.6. The highest BCUT2D eigenvalue weighted by molar-refractivity contribution is 5.93. The lowest BCUT2D eigenvalue weighted by Crippen LogP contribution is -2.49. The Kier molecular flexibility index (Phi) is 9.74. The Morgan fingerprint density at radius 1 is 1.25 bits per heavy atom. The topological polar surface area (TPSA) is 99.2 Å². The average Bonchev–Trinajstić information content (AvgIpc) is 2.77. The summed E-state index contributed by atoms with van der Waals surface area (Å²) in [6.45, 7) is 11.8. The first-order valence-electron chi connectivity index (χ1n) is 11.3. The van der Waals surface area contributed by atoms with Crippen molar-refractivity contribution in [2.45, 2.75) is 46.1 Å². The molecule has 1 aliphatic rings. The van der Waals surface area contributed by atoms with Crippen LogP contribution >= 0.6 is 0 Å². The first-order chi connectivity index (χ1) is 15.2. The number of rotatable bonds is 7. The summed E-state index contributed by atoms with van der Waals surface area (Å²) >= 11 is 0. The molecule has 0 aromatic carbocycles. The van der Waals surface area contributed by atoms with Gasteiger partial charge in [0.15, 0.2) is 5.96 Å². The van der Waals surface area contributed by atoms with Crippen LogP contribution in [0.25, 0.3) is 0 Å². The van der Waals surface area contributed by atoms with Gasteiger partial charge in [0, 0.05) is 58.7 Å². The van der Waals surface area contributed by atoms with Gasteiger partial charge in [-0.05, 0) is 58.6 Å². The minimum absolute atomic E-state index is 0.138. The van der Waals surface area contributed by atoms with Gasteiger partial charge in [0.05, 0.1) is 5.56 Å². The quantitative estimate of drug-likeness (QED) is 0.379. The van der Waals surface area contributed by atoms with Gasteiger partial charge in [0.2, 0.25) is 0 Å². The molecule has 2 N–H and O–H groups in total. The van der Waals surface area contributed by atoms with E-state index in [4.69, 9.17) is 4.74 Å². The second-order valence-electron chi connectivity index (χ2n) is 8.92.